The number of carbonyl (C=O) groups excluding carboxylic acids is 2. The lowest BCUT2D eigenvalue weighted by Gasteiger charge is -2.34. The van der Waals surface area contributed by atoms with Gasteiger partial charge in [0.2, 0.25) is 11.9 Å². The molecule has 1 aromatic carbocycles. The highest BCUT2D eigenvalue weighted by molar-refractivity contribution is 6.32. The van der Waals surface area contributed by atoms with E-state index in [9.17, 15) is 14.0 Å². The molecule has 2 radical (unpaired) electrons. The number of nitrogens with zero attached hydrogens (tertiary/aromatic N) is 3. The Morgan fingerprint density at radius 1 is 1.36 bits per heavy atom. The minimum absolute atomic E-state index is 0.115. The molecule has 9 heteroatoms. The summed E-state index contributed by atoms with van der Waals surface area (Å²) in [5, 5.41) is 2.43. The number of nitrogens with one attached hydrogen (secondary N) is 1. The van der Waals surface area contributed by atoms with Crippen LogP contribution in [0, 0.1) is 5.82 Å². The van der Waals surface area contributed by atoms with Crippen molar-refractivity contribution in [1.82, 2.24) is 15.2 Å². The Labute approximate surface area is 162 Å². The number of carbonyl (C=O) groups is 2. The number of amides is 2. The smallest absolute Gasteiger partial charge is 0.254 e. The average Bonchev–Trinajstić information content (AvgIpc) is 3.42. The molecule has 0 unspecified atom stereocenters. The molecule has 0 bridgehead atoms. The van der Waals surface area contributed by atoms with E-state index in [4.69, 9.17) is 13.6 Å². The first-order valence-electron chi connectivity index (χ1n) is 8.81. The average molecular weight is 377 g/mol. The van der Waals surface area contributed by atoms with Gasteiger partial charge in [-0.1, -0.05) is 17.6 Å². The fourth-order valence-electron chi connectivity index (χ4n) is 3.53. The van der Waals surface area contributed by atoms with Crippen molar-refractivity contribution in [3.63, 3.8) is 0 Å². The van der Waals surface area contributed by atoms with Gasteiger partial charge in [0.25, 0.3) is 5.91 Å². The fourth-order valence-corrected chi connectivity index (χ4v) is 3.53. The van der Waals surface area contributed by atoms with Crippen LogP contribution in [0.5, 0.6) is 0 Å². The quantitative estimate of drug-likeness (QED) is 0.455. The van der Waals surface area contributed by atoms with Gasteiger partial charge in [0.1, 0.15) is 20.2 Å². The summed E-state index contributed by atoms with van der Waals surface area (Å²) in [4.78, 5) is 34.3. The van der Waals surface area contributed by atoms with Gasteiger partial charge >= 0.3 is 0 Å². The number of hydrogen-bond acceptors (Lipinski definition) is 4. The first-order chi connectivity index (χ1) is 13.4. The number of guanidine groups is 1. The maximum atomic E-state index is 12.9. The molecule has 0 atom stereocenters. The minimum Gasteiger partial charge on any atom is -0.369 e. The molecule has 1 spiro atoms. The van der Waals surface area contributed by atoms with Crippen LogP contribution >= 0.6 is 0 Å². The van der Waals surface area contributed by atoms with Gasteiger partial charge in [-0.05, 0) is 36.6 Å². The number of hydrogen-bond donors (Lipinski definition) is 2. The molecule has 0 saturated heterocycles. The molecular weight excluding hydrogens is 360 g/mol. The Bertz CT molecular complexity index is 988. The zero-order valence-corrected chi connectivity index (χ0v) is 15.0. The summed E-state index contributed by atoms with van der Waals surface area (Å²) in [5.74, 6) is -1.19. The van der Waals surface area contributed by atoms with Crippen LogP contribution in [0.3, 0.4) is 0 Å². The van der Waals surface area contributed by atoms with Crippen molar-refractivity contribution in [3.05, 3.63) is 53.5 Å². The standard InChI is InChI=1S/C19H17BFN5O2/c20-11-1-3-13-14(7-11)19(5-6-19)10-26(17(13)28)9-16(27)25-18(22)24-15-4-2-12(21)8-23-15/h1-4,7-8H,5-6,9-10H2,(H3,22,23,24,25,27). The van der Waals surface area contributed by atoms with Crippen LogP contribution in [-0.2, 0) is 10.2 Å². The molecule has 1 saturated carbocycles. The third-order valence-corrected chi connectivity index (χ3v) is 5.03. The predicted octanol–water partition coefficient (Wildman–Crippen LogP) is 0.264. The molecule has 28 heavy (non-hydrogen) atoms. The molecule has 4 rings (SSSR count). The summed E-state index contributed by atoms with van der Waals surface area (Å²) in [6, 6.07) is 7.79. The van der Waals surface area contributed by atoms with E-state index in [-0.39, 0.29) is 29.6 Å². The maximum absolute atomic E-state index is 12.9. The molecule has 7 nitrogen and oxygen atoms in total. The predicted molar refractivity (Wildman–Crippen MR) is 102 cm³/mol. The lowest BCUT2D eigenvalue weighted by Crippen LogP contribution is -2.50. The molecule has 2 amide bonds. The van der Waals surface area contributed by atoms with Gasteiger partial charge in [0, 0.05) is 17.5 Å². The second-order valence-electron chi connectivity index (χ2n) is 7.13. The molecule has 1 aliphatic heterocycles. The van der Waals surface area contributed by atoms with Crippen LogP contribution < -0.4 is 16.5 Å². The van der Waals surface area contributed by atoms with E-state index in [1.165, 1.54) is 17.0 Å². The molecule has 2 aromatic rings. The van der Waals surface area contributed by atoms with E-state index < -0.39 is 11.7 Å². The zero-order valence-electron chi connectivity index (χ0n) is 15.0. The summed E-state index contributed by atoms with van der Waals surface area (Å²) in [6.07, 6.45) is 2.91. The first-order valence-corrected chi connectivity index (χ1v) is 8.81. The molecule has 2 heterocycles. The van der Waals surface area contributed by atoms with Crippen LogP contribution in [0.2, 0.25) is 0 Å². The molecule has 1 aliphatic carbocycles. The summed E-state index contributed by atoms with van der Waals surface area (Å²) in [6.45, 7) is 0.323. The van der Waals surface area contributed by atoms with Crippen molar-refractivity contribution in [3.8, 4) is 0 Å². The van der Waals surface area contributed by atoms with Gasteiger partial charge < -0.3 is 10.6 Å². The Morgan fingerprint density at radius 2 is 2.14 bits per heavy atom. The molecule has 2 aliphatic rings. The lowest BCUT2D eigenvalue weighted by atomic mass is 9.82. The molecule has 140 valence electrons. The van der Waals surface area contributed by atoms with E-state index in [0.29, 0.717) is 17.6 Å². The number of aliphatic imine (C=N–C) groups is 1. The number of fused-ring (bicyclic) bond motifs is 2. The van der Waals surface area contributed by atoms with Crippen LogP contribution in [-0.4, -0.2) is 48.6 Å². The SMILES string of the molecule is [B]c1ccc2c(c1)C1(CC1)CN(CC(=O)NC(N)=Nc1ccc(F)cn1)C2=O. The van der Waals surface area contributed by atoms with Gasteiger partial charge in [-0.2, -0.15) is 4.99 Å². The van der Waals surface area contributed by atoms with Crippen molar-refractivity contribution in [2.24, 2.45) is 10.7 Å². The number of aromatic nitrogens is 1. The normalized spacial score (nSPS) is 17.4. The van der Waals surface area contributed by atoms with Gasteiger partial charge in [-0.15, -0.1) is 0 Å². The lowest BCUT2D eigenvalue weighted by molar-refractivity contribution is -0.120. The highest BCUT2D eigenvalue weighted by Gasteiger charge is 2.51. The molecule has 1 fully saturated rings. The summed E-state index contributed by atoms with van der Waals surface area (Å²) in [7, 11) is 5.88. The topological polar surface area (TPSA) is 101 Å². The second-order valence-corrected chi connectivity index (χ2v) is 7.13. The largest absolute Gasteiger partial charge is 0.369 e. The number of nitrogens with two attached hydrogens (primary N) is 1. The highest BCUT2D eigenvalue weighted by atomic mass is 19.1. The first kappa shape index (κ1) is 18.2. The summed E-state index contributed by atoms with van der Waals surface area (Å²) in [5.41, 5.74) is 7.78. The van der Waals surface area contributed by atoms with Crippen molar-refractivity contribution < 1.29 is 14.0 Å². The third kappa shape index (κ3) is 3.47. The number of benzene rings is 1. The van der Waals surface area contributed by atoms with E-state index in [1.807, 2.05) is 6.07 Å². The van der Waals surface area contributed by atoms with Crippen molar-refractivity contribution in [2.45, 2.75) is 18.3 Å². The van der Waals surface area contributed by atoms with Gasteiger partial charge in [-0.25, -0.2) is 9.37 Å². The van der Waals surface area contributed by atoms with E-state index >= 15 is 0 Å². The van der Waals surface area contributed by atoms with E-state index in [0.717, 1.165) is 24.6 Å². The Hall–Kier alpha value is -3.23. The number of rotatable bonds is 3. The summed E-state index contributed by atoms with van der Waals surface area (Å²) < 4.78 is 12.9. The van der Waals surface area contributed by atoms with Crippen LogP contribution in [0.25, 0.3) is 0 Å². The number of halogens is 1. The summed E-state index contributed by atoms with van der Waals surface area (Å²) >= 11 is 0. The Balaban J connectivity index is 1.45. The monoisotopic (exact) mass is 377 g/mol. The minimum atomic E-state index is -0.499. The van der Waals surface area contributed by atoms with E-state index in [2.05, 4.69) is 15.3 Å². The molecule has 1 aromatic heterocycles. The van der Waals surface area contributed by atoms with Gasteiger partial charge in [0.15, 0.2) is 5.82 Å². The second kappa shape index (κ2) is 6.74. The van der Waals surface area contributed by atoms with Crippen molar-refractivity contribution >= 4 is 36.9 Å². The van der Waals surface area contributed by atoms with Crippen molar-refractivity contribution in [1.29, 1.82) is 0 Å². The molecular formula is C19H17BFN5O2. The van der Waals surface area contributed by atoms with E-state index in [1.54, 1.807) is 12.1 Å². The Morgan fingerprint density at radius 3 is 2.82 bits per heavy atom. The van der Waals surface area contributed by atoms with Gasteiger partial charge in [-0.3, -0.25) is 14.9 Å². The third-order valence-electron chi connectivity index (χ3n) is 5.03. The van der Waals surface area contributed by atoms with Gasteiger partial charge in [0.05, 0.1) is 6.20 Å². The Kier molecular flexibility index (Phi) is 4.37. The maximum Gasteiger partial charge on any atom is 0.254 e. The van der Waals surface area contributed by atoms with Crippen molar-refractivity contribution in [2.75, 3.05) is 13.1 Å². The van der Waals surface area contributed by atoms with Crippen LogP contribution in [0.1, 0.15) is 28.8 Å². The number of pyridine rings is 1. The van der Waals surface area contributed by atoms with Crippen LogP contribution in [0.4, 0.5) is 10.2 Å². The molecule has 3 N–H and O–H groups in total. The fraction of sp³-hybridized carbons (Fsp3) is 0.263. The zero-order chi connectivity index (χ0) is 19.9. The highest BCUT2D eigenvalue weighted by Crippen LogP contribution is 2.51. The van der Waals surface area contributed by atoms with Crippen LogP contribution in [0.15, 0.2) is 41.5 Å².